The van der Waals surface area contributed by atoms with Crippen molar-refractivity contribution in [2.24, 2.45) is 0 Å². The number of phosphoric ester groups is 1. The van der Waals surface area contributed by atoms with Crippen molar-refractivity contribution in [3.05, 3.63) is 0 Å². The van der Waals surface area contributed by atoms with Crippen molar-refractivity contribution in [1.82, 2.24) is 0 Å². The van der Waals surface area contributed by atoms with Crippen molar-refractivity contribution >= 4 is 46.7 Å². The van der Waals surface area contributed by atoms with Crippen LogP contribution in [0.5, 0.6) is 0 Å². The van der Waals surface area contributed by atoms with Crippen LogP contribution in [0.2, 0.25) is 0 Å². The fourth-order valence-corrected chi connectivity index (χ4v) is 0.671. The van der Waals surface area contributed by atoms with E-state index in [2.05, 4.69) is 47.3 Å². The summed E-state index contributed by atoms with van der Waals surface area (Å²) < 4.78 is 33.2. The van der Waals surface area contributed by atoms with Crippen LogP contribution >= 0.6 is 46.7 Å². The van der Waals surface area contributed by atoms with Gasteiger partial charge in [0.2, 0.25) is 0 Å². The molecule has 0 radical (unpaired) electrons. The van der Waals surface area contributed by atoms with Gasteiger partial charge in [-0.05, 0) is 33.7 Å². The van der Waals surface area contributed by atoms with Crippen molar-refractivity contribution in [3.63, 3.8) is 0 Å². The minimum atomic E-state index is -3.22. The van der Waals surface area contributed by atoms with Gasteiger partial charge >= 0.3 is 13.0 Å². The van der Waals surface area contributed by atoms with Crippen LogP contribution in [0.3, 0.4) is 0 Å². The molecule has 0 unspecified atom stereocenters. The zero-order valence-electron chi connectivity index (χ0n) is 7.07. The maximum atomic E-state index is 10.7. The molecule has 0 N–H and O–H groups in total. The second kappa shape index (κ2) is 7.49. The molecule has 5 nitrogen and oxygen atoms in total. The molecule has 82 valence electrons. The molecule has 0 rings (SSSR count). The second-order valence-corrected chi connectivity index (χ2v) is 10.0. The minimum absolute atomic E-state index is 1.26. The summed E-state index contributed by atoms with van der Waals surface area (Å²) in [5, 5.41) is -3.22. The molecule has 0 saturated carbocycles. The summed E-state index contributed by atoms with van der Waals surface area (Å²) in [5.74, 6) is 0. The molecule has 0 aliphatic rings. The average Bonchev–Trinajstić information content (AvgIpc) is 2.00. The fourth-order valence-electron chi connectivity index (χ4n) is 0.224. The zero-order chi connectivity index (χ0) is 11.1. The summed E-state index contributed by atoms with van der Waals surface area (Å²) >= 11 is 13.8. The van der Waals surface area contributed by atoms with Gasteiger partial charge in [-0.25, -0.2) is 4.57 Å². The summed E-state index contributed by atoms with van der Waals surface area (Å²) in [4.78, 5) is 0. The van der Waals surface area contributed by atoms with Gasteiger partial charge in [0.1, 0.15) is 0 Å². The Labute approximate surface area is 90.9 Å². The van der Waals surface area contributed by atoms with Crippen LogP contribution in [0, 0.1) is 0 Å². The van der Waals surface area contributed by atoms with Crippen molar-refractivity contribution in [1.29, 1.82) is 0 Å². The summed E-state index contributed by atoms with van der Waals surface area (Å²) in [7, 11) is 0.611. The van der Waals surface area contributed by atoms with Gasteiger partial charge in [-0.15, -0.1) is 0 Å². The van der Waals surface area contributed by atoms with E-state index in [4.69, 9.17) is 0 Å². The van der Waals surface area contributed by atoms with E-state index < -0.39 is 13.0 Å². The summed E-state index contributed by atoms with van der Waals surface area (Å²) in [6.07, 6.45) is 0. The number of halogens is 3. The third-order valence-corrected chi connectivity index (χ3v) is 2.01. The number of rotatable bonds is 3. The lowest BCUT2D eigenvalue weighted by Crippen LogP contribution is -1.88. The van der Waals surface area contributed by atoms with Crippen molar-refractivity contribution < 1.29 is 22.7 Å². The lowest BCUT2D eigenvalue weighted by molar-refractivity contribution is 0.178. The first-order chi connectivity index (χ1) is 5.68. The molecule has 0 aliphatic carbocycles. The van der Waals surface area contributed by atoms with E-state index in [0.29, 0.717) is 0 Å². The third-order valence-electron chi connectivity index (χ3n) is 0.671. The molecule has 0 bridgehead atoms. The number of hydrogen-bond acceptors (Lipinski definition) is 5. The highest BCUT2D eigenvalue weighted by molar-refractivity contribution is 8.24. The van der Waals surface area contributed by atoms with Crippen LogP contribution in [0.25, 0.3) is 0 Å². The zero-order valence-corrected chi connectivity index (χ0v) is 11.1. The van der Waals surface area contributed by atoms with Crippen molar-refractivity contribution in [3.8, 4) is 0 Å². The largest absolute Gasteiger partial charge is 0.473 e. The van der Waals surface area contributed by atoms with Crippen LogP contribution < -0.4 is 0 Å². The predicted octanol–water partition coefficient (Wildman–Crippen LogP) is 3.84. The standard InChI is InChI=1S/C3H9O4P.Cl3OP/c1-5-8(4,6-2)7-3;1-5(2,3)4/h1-3H3;. The Morgan fingerprint density at radius 1 is 0.846 bits per heavy atom. The van der Waals surface area contributed by atoms with E-state index in [-0.39, 0.29) is 0 Å². The summed E-state index contributed by atoms with van der Waals surface area (Å²) in [6.45, 7) is 0. The predicted molar refractivity (Wildman–Crippen MR) is 53.8 cm³/mol. The van der Waals surface area contributed by atoms with Crippen molar-refractivity contribution in [2.45, 2.75) is 0 Å². The highest BCUT2D eigenvalue weighted by atomic mass is 36.0. The van der Waals surface area contributed by atoms with Gasteiger partial charge in [0.05, 0.1) is 0 Å². The fraction of sp³-hybridized carbons (Fsp3) is 1.00. The topological polar surface area (TPSA) is 61.8 Å². The van der Waals surface area contributed by atoms with Crippen LogP contribution in [-0.2, 0) is 22.7 Å². The molecule has 0 aliphatic heterocycles. The van der Waals surface area contributed by atoms with Gasteiger partial charge < -0.3 is 0 Å². The molecule has 0 atom stereocenters. The molecule has 0 aromatic rings. The van der Waals surface area contributed by atoms with Gasteiger partial charge in [-0.2, -0.15) is 0 Å². The summed E-state index contributed by atoms with van der Waals surface area (Å²) in [5.41, 5.74) is 0. The monoisotopic (exact) mass is 292 g/mol. The molecule has 0 saturated heterocycles. The normalized spacial score (nSPS) is 11.8. The molecule has 0 amide bonds. The van der Waals surface area contributed by atoms with E-state index in [9.17, 15) is 9.13 Å². The van der Waals surface area contributed by atoms with Gasteiger partial charge in [0, 0.05) is 21.3 Å². The van der Waals surface area contributed by atoms with Gasteiger partial charge in [-0.3, -0.25) is 18.1 Å². The van der Waals surface area contributed by atoms with Gasteiger partial charge in [0.15, 0.2) is 0 Å². The Kier molecular flexibility index (Phi) is 9.59. The molecule has 0 aromatic heterocycles. The molecule has 13 heavy (non-hydrogen) atoms. The molecule has 0 heterocycles. The lowest BCUT2D eigenvalue weighted by Gasteiger charge is -2.08. The Balaban J connectivity index is 0. The van der Waals surface area contributed by atoms with Crippen LogP contribution in [0.1, 0.15) is 0 Å². The molecule has 10 heteroatoms. The Bertz CT molecular complexity index is 188. The SMILES string of the molecule is COP(=O)(OC)OC.O=P(Cl)(Cl)Cl. The summed E-state index contributed by atoms with van der Waals surface area (Å²) in [6, 6.07) is 0. The molecular formula is C3H9Cl3O5P2. The highest BCUT2D eigenvalue weighted by Crippen LogP contribution is 2.61. The Morgan fingerprint density at radius 2 is 1.00 bits per heavy atom. The van der Waals surface area contributed by atoms with E-state index in [1.807, 2.05) is 0 Å². The van der Waals surface area contributed by atoms with Gasteiger partial charge in [0.25, 0.3) is 0 Å². The average molecular weight is 293 g/mol. The first-order valence-electron chi connectivity index (χ1n) is 2.64. The maximum absolute atomic E-state index is 10.7. The number of hydrogen-bond donors (Lipinski definition) is 0. The first kappa shape index (κ1) is 16.6. The van der Waals surface area contributed by atoms with Crippen LogP contribution in [0.15, 0.2) is 0 Å². The van der Waals surface area contributed by atoms with Crippen LogP contribution in [-0.4, -0.2) is 21.3 Å². The molecule has 0 fully saturated rings. The Morgan fingerprint density at radius 3 is 1.00 bits per heavy atom. The van der Waals surface area contributed by atoms with E-state index in [1.165, 1.54) is 21.3 Å². The molecule has 0 aromatic carbocycles. The van der Waals surface area contributed by atoms with Crippen LogP contribution in [0.4, 0.5) is 0 Å². The smallest absolute Gasteiger partial charge is 0.290 e. The quantitative estimate of drug-likeness (QED) is 0.740. The second-order valence-electron chi connectivity index (χ2n) is 1.39. The van der Waals surface area contributed by atoms with Crippen molar-refractivity contribution in [2.75, 3.05) is 21.3 Å². The molecular weight excluding hydrogens is 284 g/mol. The highest BCUT2D eigenvalue weighted by Gasteiger charge is 2.18. The van der Waals surface area contributed by atoms with Gasteiger partial charge in [-0.1, -0.05) is 0 Å². The van der Waals surface area contributed by atoms with E-state index in [0.717, 1.165) is 0 Å². The Hall–Kier alpha value is 1.21. The third kappa shape index (κ3) is 15.9. The first-order valence-corrected chi connectivity index (χ1v) is 8.53. The maximum Gasteiger partial charge on any atom is 0.473 e. The van der Waals surface area contributed by atoms with E-state index >= 15 is 0 Å². The van der Waals surface area contributed by atoms with E-state index in [1.54, 1.807) is 0 Å². The molecule has 0 spiro atoms. The number of phosphoric acid groups is 1. The minimum Gasteiger partial charge on any atom is -0.290 e. The lowest BCUT2D eigenvalue weighted by atomic mass is 11.8.